The van der Waals surface area contributed by atoms with Gasteiger partial charge in [0.05, 0.1) is 0 Å². The highest BCUT2D eigenvalue weighted by Crippen LogP contribution is 2.41. The van der Waals surface area contributed by atoms with Crippen LogP contribution in [0.15, 0.2) is 18.2 Å². The van der Waals surface area contributed by atoms with Gasteiger partial charge in [-0.3, -0.25) is 0 Å². The molecule has 0 radical (unpaired) electrons. The molecule has 1 aromatic carbocycles. The number of nitrogens with zero attached hydrogens (tertiary/aromatic N) is 1. The van der Waals surface area contributed by atoms with Crippen LogP contribution in [0.2, 0.25) is 0 Å². The Kier molecular flexibility index (Phi) is 3.05. The van der Waals surface area contributed by atoms with Crippen LogP contribution >= 0.6 is 11.8 Å². The molecule has 0 aliphatic carbocycles. The SMILES string of the molecule is CN1CCCc2cc(C3CC(N)CS3)ccc21. The van der Waals surface area contributed by atoms with Crippen molar-refractivity contribution in [2.24, 2.45) is 5.73 Å². The van der Waals surface area contributed by atoms with E-state index < -0.39 is 0 Å². The van der Waals surface area contributed by atoms with E-state index in [1.54, 1.807) is 0 Å². The minimum atomic E-state index is 0.392. The number of thioether (sulfide) groups is 1. The Morgan fingerprint density at radius 3 is 3.06 bits per heavy atom. The number of hydrogen-bond acceptors (Lipinski definition) is 3. The molecule has 2 nitrogen and oxygen atoms in total. The van der Waals surface area contributed by atoms with Crippen molar-refractivity contribution in [2.45, 2.75) is 30.6 Å². The molecule has 92 valence electrons. The second-order valence-corrected chi connectivity index (χ2v) is 6.47. The van der Waals surface area contributed by atoms with Gasteiger partial charge < -0.3 is 10.6 Å². The predicted molar refractivity (Wildman–Crippen MR) is 75.8 cm³/mol. The fourth-order valence-electron chi connectivity index (χ4n) is 2.89. The summed E-state index contributed by atoms with van der Waals surface area (Å²) >= 11 is 2.02. The molecular formula is C14H20N2S. The first-order valence-corrected chi connectivity index (χ1v) is 7.50. The van der Waals surface area contributed by atoms with Crippen LogP contribution in [-0.2, 0) is 6.42 Å². The molecule has 3 rings (SSSR count). The van der Waals surface area contributed by atoms with Crippen molar-refractivity contribution in [2.75, 3.05) is 24.2 Å². The van der Waals surface area contributed by atoms with Crippen molar-refractivity contribution in [3.63, 3.8) is 0 Å². The van der Waals surface area contributed by atoms with E-state index in [0.29, 0.717) is 11.3 Å². The van der Waals surface area contributed by atoms with E-state index in [0.717, 1.165) is 12.2 Å². The molecule has 1 aromatic rings. The van der Waals surface area contributed by atoms with Crippen LogP contribution in [0, 0.1) is 0 Å². The lowest BCUT2D eigenvalue weighted by Crippen LogP contribution is -2.24. The van der Waals surface area contributed by atoms with E-state index in [4.69, 9.17) is 5.73 Å². The number of nitrogens with two attached hydrogens (primary N) is 1. The zero-order valence-electron chi connectivity index (χ0n) is 10.4. The van der Waals surface area contributed by atoms with Crippen LogP contribution < -0.4 is 10.6 Å². The Balaban J connectivity index is 1.88. The minimum absolute atomic E-state index is 0.392. The molecule has 0 amide bonds. The highest BCUT2D eigenvalue weighted by molar-refractivity contribution is 7.99. The van der Waals surface area contributed by atoms with Gasteiger partial charge in [0.15, 0.2) is 0 Å². The third-order valence-electron chi connectivity index (χ3n) is 3.85. The number of hydrogen-bond donors (Lipinski definition) is 1. The summed E-state index contributed by atoms with van der Waals surface area (Å²) in [6, 6.07) is 7.41. The van der Waals surface area contributed by atoms with Gasteiger partial charge in [-0.05, 0) is 36.5 Å². The van der Waals surface area contributed by atoms with Crippen LogP contribution in [-0.4, -0.2) is 25.4 Å². The first-order valence-electron chi connectivity index (χ1n) is 6.45. The van der Waals surface area contributed by atoms with Gasteiger partial charge in [0, 0.05) is 36.3 Å². The Hall–Kier alpha value is -0.670. The summed E-state index contributed by atoms with van der Waals surface area (Å²) in [5.41, 5.74) is 10.4. The molecule has 0 saturated carbocycles. The van der Waals surface area contributed by atoms with Gasteiger partial charge in [-0.1, -0.05) is 12.1 Å². The second kappa shape index (κ2) is 4.54. The molecule has 0 spiro atoms. The standard InChI is InChI=1S/C14H20N2S/c1-16-6-2-3-10-7-11(4-5-13(10)16)14-8-12(15)9-17-14/h4-5,7,12,14H,2-3,6,8-9,15H2,1H3. The van der Waals surface area contributed by atoms with Crippen molar-refractivity contribution >= 4 is 17.4 Å². The highest BCUT2D eigenvalue weighted by Gasteiger charge is 2.25. The number of aryl methyl sites for hydroxylation is 1. The van der Waals surface area contributed by atoms with Crippen LogP contribution in [0.3, 0.4) is 0 Å². The molecule has 1 saturated heterocycles. The fraction of sp³-hybridized carbons (Fsp3) is 0.571. The summed E-state index contributed by atoms with van der Waals surface area (Å²) in [5, 5.41) is 0.627. The van der Waals surface area contributed by atoms with Gasteiger partial charge in [-0.25, -0.2) is 0 Å². The molecule has 1 fully saturated rings. The molecule has 2 aliphatic heterocycles. The quantitative estimate of drug-likeness (QED) is 0.828. The Bertz CT molecular complexity index is 419. The van der Waals surface area contributed by atoms with Gasteiger partial charge in [-0.2, -0.15) is 11.8 Å². The van der Waals surface area contributed by atoms with E-state index in [2.05, 4.69) is 30.1 Å². The van der Waals surface area contributed by atoms with Crippen molar-refractivity contribution < 1.29 is 0 Å². The average Bonchev–Trinajstić information content (AvgIpc) is 2.76. The Morgan fingerprint density at radius 2 is 2.29 bits per heavy atom. The van der Waals surface area contributed by atoms with Crippen LogP contribution in [0.4, 0.5) is 5.69 Å². The largest absolute Gasteiger partial charge is 0.374 e. The van der Waals surface area contributed by atoms with Gasteiger partial charge in [0.2, 0.25) is 0 Å². The number of anilines is 1. The van der Waals surface area contributed by atoms with Gasteiger partial charge in [0.1, 0.15) is 0 Å². The van der Waals surface area contributed by atoms with Crippen LogP contribution in [0.25, 0.3) is 0 Å². The zero-order chi connectivity index (χ0) is 11.8. The average molecular weight is 248 g/mol. The molecule has 2 heterocycles. The van der Waals surface area contributed by atoms with E-state index >= 15 is 0 Å². The molecule has 17 heavy (non-hydrogen) atoms. The third kappa shape index (κ3) is 2.18. The lowest BCUT2D eigenvalue weighted by molar-refractivity contribution is 0.696. The molecule has 3 heteroatoms. The first-order chi connectivity index (χ1) is 8.24. The number of fused-ring (bicyclic) bond motifs is 1. The Morgan fingerprint density at radius 1 is 1.41 bits per heavy atom. The van der Waals surface area contributed by atoms with Crippen molar-refractivity contribution in [3.05, 3.63) is 29.3 Å². The smallest absolute Gasteiger partial charge is 0.0396 e. The lowest BCUT2D eigenvalue weighted by atomic mass is 9.97. The minimum Gasteiger partial charge on any atom is -0.374 e. The van der Waals surface area contributed by atoms with E-state index in [9.17, 15) is 0 Å². The van der Waals surface area contributed by atoms with Gasteiger partial charge in [-0.15, -0.1) is 0 Å². The highest BCUT2D eigenvalue weighted by atomic mass is 32.2. The van der Waals surface area contributed by atoms with Gasteiger partial charge >= 0.3 is 0 Å². The Labute approximate surface area is 108 Å². The van der Waals surface area contributed by atoms with E-state index in [-0.39, 0.29) is 0 Å². The third-order valence-corrected chi connectivity index (χ3v) is 5.34. The van der Waals surface area contributed by atoms with Crippen molar-refractivity contribution in [1.29, 1.82) is 0 Å². The van der Waals surface area contributed by atoms with Crippen LogP contribution in [0.5, 0.6) is 0 Å². The molecule has 2 atom stereocenters. The second-order valence-electron chi connectivity index (χ2n) is 5.23. The maximum absolute atomic E-state index is 5.99. The summed E-state index contributed by atoms with van der Waals surface area (Å²) in [5.74, 6) is 1.11. The van der Waals surface area contributed by atoms with Gasteiger partial charge in [0.25, 0.3) is 0 Å². The first kappa shape index (κ1) is 11.4. The normalized spacial score (nSPS) is 28.2. The molecule has 0 aromatic heterocycles. The molecule has 2 N–H and O–H groups in total. The monoisotopic (exact) mass is 248 g/mol. The van der Waals surface area contributed by atoms with Crippen molar-refractivity contribution in [1.82, 2.24) is 0 Å². The van der Waals surface area contributed by atoms with Crippen molar-refractivity contribution in [3.8, 4) is 0 Å². The summed E-state index contributed by atoms with van der Waals surface area (Å²) in [4.78, 5) is 2.37. The summed E-state index contributed by atoms with van der Waals surface area (Å²) < 4.78 is 0. The zero-order valence-corrected chi connectivity index (χ0v) is 11.2. The van der Waals surface area contributed by atoms with E-state index in [1.807, 2.05) is 11.8 Å². The molecule has 2 aliphatic rings. The lowest BCUT2D eigenvalue weighted by Gasteiger charge is -2.28. The fourth-order valence-corrected chi connectivity index (χ4v) is 4.23. The molecule has 2 unspecified atom stereocenters. The number of benzene rings is 1. The maximum atomic E-state index is 5.99. The predicted octanol–water partition coefficient (Wildman–Crippen LogP) is 2.57. The molecule has 0 bridgehead atoms. The summed E-state index contributed by atoms with van der Waals surface area (Å²) in [6.45, 7) is 1.19. The van der Waals surface area contributed by atoms with E-state index in [1.165, 1.54) is 36.2 Å². The topological polar surface area (TPSA) is 29.3 Å². The summed E-state index contributed by atoms with van der Waals surface area (Å²) in [6.07, 6.45) is 3.65. The van der Waals surface area contributed by atoms with Crippen LogP contribution in [0.1, 0.15) is 29.2 Å². The molecular weight excluding hydrogens is 228 g/mol. The number of rotatable bonds is 1. The maximum Gasteiger partial charge on any atom is 0.0396 e. The summed E-state index contributed by atoms with van der Waals surface area (Å²) in [7, 11) is 2.19.